The van der Waals surface area contributed by atoms with Crippen molar-refractivity contribution in [3.8, 4) is 16.9 Å². The molecule has 0 fully saturated rings. The highest BCUT2D eigenvalue weighted by atomic mass is 19.1. The molecule has 31 heavy (non-hydrogen) atoms. The number of methoxy groups -OCH3 is 1. The van der Waals surface area contributed by atoms with Crippen molar-refractivity contribution in [2.45, 2.75) is 33.3 Å². The Balaban J connectivity index is 1.82. The van der Waals surface area contributed by atoms with Gasteiger partial charge in [-0.3, -0.25) is 4.79 Å². The molecular weight excluding hydrogens is 397 g/mol. The highest BCUT2D eigenvalue weighted by Gasteiger charge is 2.15. The van der Waals surface area contributed by atoms with E-state index in [0.29, 0.717) is 24.5 Å². The summed E-state index contributed by atoms with van der Waals surface area (Å²) in [5.74, 6) is 0.147. The van der Waals surface area contributed by atoms with Crippen molar-refractivity contribution in [3.63, 3.8) is 0 Å². The van der Waals surface area contributed by atoms with Gasteiger partial charge in [0.1, 0.15) is 17.1 Å². The lowest BCUT2D eigenvalue weighted by molar-refractivity contribution is -0.116. The quantitative estimate of drug-likeness (QED) is 0.359. The van der Waals surface area contributed by atoms with E-state index in [-0.39, 0.29) is 17.8 Å². The van der Waals surface area contributed by atoms with Gasteiger partial charge in [-0.2, -0.15) is 0 Å². The number of furan rings is 1. The standard InChI is InChI=1S/C25H28FNO4/c1-16(2)30-11-5-10-27-25(28)12-17(3)20-13-21-22(18-6-8-19(26)9-7-18)15-31-24(21)14-23(20)29-4/h6-9,12-16H,5,10-11H2,1-4H3,(H,27,28)/b17-12+. The van der Waals surface area contributed by atoms with Crippen molar-refractivity contribution < 1.29 is 23.1 Å². The van der Waals surface area contributed by atoms with E-state index in [0.717, 1.165) is 34.1 Å². The minimum absolute atomic E-state index is 0.171. The van der Waals surface area contributed by atoms with Crippen LogP contribution < -0.4 is 10.1 Å². The molecule has 2 aromatic carbocycles. The highest BCUT2D eigenvalue weighted by Crippen LogP contribution is 2.37. The highest BCUT2D eigenvalue weighted by molar-refractivity contribution is 6.00. The van der Waals surface area contributed by atoms with Crippen LogP contribution in [0, 0.1) is 5.82 Å². The summed E-state index contributed by atoms with van der Waals surface area (Å²) in [7, 11) is 1.58. The Morgan fingerprint density at radius 3 is 2.65 bits per heavy atom. The number of halogens is 1. The number of ether oxygens (including phenoxy) is 2. The Labute approximate surface area is 181 Å². The molecule has 164 valence electrons. The van der Waals surface area contributed by atoms with Gasteiger partial charge >= 0.3 is 0 Å². The summed E-state index contributed by atoms with van der Waals surface area (Å²) in [4.78, 5) is 12.3. The molecule has 1 N–H and O–H groups in total. The summed E-state index contributed by atoms with van der Waals surface area (Å²) < 4.78 is 30.0. The van der Waals surface area contributed by atoms with E-state index in [4.69, 9.17) is 13.9 Å². The SMILES string of the molecule is COc1cc2occ(-c3ccc(F)cc3)c2cc1/C(C)=C/C(=O)NCCCOC(C)C. The van der Waals surface area contributed by atoms with Crippen LogP contribution in [0.1, 0.15) is 32.8 Å². The lowest BCUT2D eigenvalue weighted by Crippen LogP contribution is -2.23. The maximum atomic E-state index is 13.3. The molecule has 3 aromatic rings. The van der Waals surface area contributed by atoms with Crippen molar-refractivity contribution in [1.29, 1.82) is 0 Å². The molecule has 6 heteroatoms. The van der Waals surface area contributed by atoms with Gasteiger partial charge in [0.15, 0.2) is 0 Å². The molecule has 1 aromatic heterocycles. The van der Waals surface area contributed by atoms with Crippen molar-refractivity contribution in [3.05, 3.63) is 60.1 Å². The van der Waals surface area contributed by atoms with Crippen LogP contribution in [-0.2, 0) is 9.53 Å². The van der Waals surface area contributed by atoms with Crippen LogP contribution in [-0.4, -0.2) is 32.3 Å². The molecule has 0 aliphatic rings. The average molecular weight is 426 g/mol. The predicted molar refractivity (Wildman–Crippen MR) is 121 cm³/mol. The molecule has 5 nitrogen and oxygen atoms in total. The topological polar surface area (TPSA) is 60.7 Å². The van der Waals surface area contributed by atoms with Gasteiger partial charge in [-0.1, -0.05) is 12.1 Å². The summed E-state index contributed by atoms with van der Waals surface area (Å²) in [6.07, 6.45) is 4.14. The molecule has 0 radical (unpaired) electrons. The third-order valence-corrected chi connectivity index (χ3v) is 4.89. The normalized spacial score (nSPS) is 11.9. The zero-order valence-electron chi connectivity index (χ0n) is 18.3. The predicted octanol–water partition coefficient (Wildman–Crippen LogP) is 5.58. The number of hydrogen-bond acceptors (Lipinski definition) is 4. The van der Waals surface area contributed by atoms with Gasteiger partial charge in [0.05, 0.1) is 19.5 Å². The lowest BCUT2D eigenvalue weighted by atomic mass is 9.99. The molecule has 0 aliphatic heterocycles. The molecule has 3 rings (SSSR count). The maximum Gasteiger partial charge on any atom is 0.244 e. The largest absolute Gasteiger partial charge is 0.496 e. The van der Waals surface area contributed by atoms with E-state index < -0.39 is 0 Å². The zero-order chi connectivity index (χ0) is 22.4. The number of carbonyl (C=O) groups is 1. The van der Waals surface area contributed by atoms with Crippen LogP contribution in [0.5, 0.6) is 5.75 Å². The van der Waals surface area contributed by atoms with Gasteiger partial charge in [-0.15, -0.1) is 0 Å². The van der Waals surface area contributed by atoms with Crippen molar-refractivity contribution in [2.24, 2.45) is 0 Å². The molecule has 1 amide bonds. The minimum Gasteiger partial charge on any atom is -0.496 e. The third-order valence-electron chi connectivity index (χ3n) is 4.89. The summed E-state index contributed by atoms with van der Waals surface area (Å²) in [5.41, 5.74) is 3.90. The Kier molecular flexibility index (Phi) is 7.47. The van der Waals surface area contributed by atoms with Gasteiger partial charge in [-0.05, 0) is 56.5 Å². The third kappa shape index (κ3) is 5.73. The van der Waals surface area contributed by atoms with Gasteiger partial charge in [-0.25, -0.2) is 4.39 Å². The van der Waals surface area contributed by atoms with E-state index >= 15 is 0 Å². The number of nitrogens with one attached hydrogen (secondary N) is 1. The first-order valence-electron chi connectivity index (χ1n) is 10.3. The number of amides is 1. The number of allylic oxidation sites excluding steroid dienone is 1. The monoisotopic (exact) mass is 425 g/mol. The molecule has 1 heterocycles. The van der Waals surface area contributed by atoms with Crippen molar-refractivity contribution >= 4 is 22.4 Å². The Morgan fingerprint density at radius 1 is 1.23 bits per heavy atom. The van der Waals surface area contributed by atoms with E-state index in [2.05, 4.69) is 5.32 Å². The molecule has 0 unspecified atom stereocenters. The van der Waals surface area contributed by atoms with Crippen LogP contribution in [0.3, 0.4) is 0 Å². The van der Waals surface area contributed by atoms with E-state index in [1.54, 1.807) is 37.6 Å². The number of benzene rings is 2. The van der Waals surface area contributed by atoms with Gasteiger partial charge < -0.3 is 19.2 Å². The number of fused-ring (bicyclic) bond motifs is 1. The molecule has 0 saturated heterocycles. The zero-order valence-corrected chi connectivity index (χ0v) is 18.3. The molecule has 0 saturated carbocycles. The second-order valence-electron chi connectivity index (χ2n) is 7.60. The summed E-state index contributed by atoms with van der Waals surface area (Å²) >= 11 is 0. The molecule has 0 atom stereocenters. The Bertz CT molecular complexity index is 1070. The fraction of sp³-hybridized carbons (Fsp3) is 0.320. The second-order valence-corrected chi connectivity index (χ2v) is 7.60. The van der Waals surface area contributed by atoms with Crippen LogP contribution in [0.15, 0.2) is 53.2 Å². The number of carbonyl (C=O) groups excluding carboxylic acids is 1. The first kappa shape index (κ1) is 22.6. The summed E-state index contributed by atoms with van der Waals surface area (Å²) in [6.45, 7) is 6.98. The van der Waals surface area contributed by atoms with Crippen molar-refractivity contribution in [1.82, 2.24) is 5.32 Å². The first-order valence-corrected chi connectivity index (χ1v) is 10.3. The Morgan fingerprint density at radius 2 is 1.97 bits per heavy atom. The fourth-order valence-corrected chi connectivity index (χ4v) is 3.31. The number of hydrogen-bond donors (Lipinski definition) is 1. The minimum atomic E-state index is -0.292. The van der Waals surface area contributed by atoms with Gasteiger partial charge in [0.2, 0.25) is 5.91 Å². The average Bonchev–Trinajstić information content (AvgIpc) is 3.15. The fourth-order valence-electron chi connectivity index (χ4n) is 3.31. The van der Waals surface area contributed by atoms with Crippen LogP contribution in [0.25, 0.3) is 27.7 Å². The van der Waals surface area contributed by atoms with Gasteiger partial charge in [0, 0.05) is 41.8 Å². The van der Waals surface area contributed by atoms with Gasteiger partial charge in [0.25, 0.3) is 0 Å². The first-order chi connectivity index (χ1) is 14.9. The molecular formula is C25H28FNO4. The number of rotatable bonds is 9. The summed E-state index contributed by atoms with van der Waals surface area (Å²) in [6, 6.07) is 9.99. The smallest absolute Gasteiger partial charge is 0.244 e. The van der Waals surface area contributed by atoms with E-state index in [9.17, 15) is 9.18 Å². The van der Waals surface area contributed by atoms with E-state index in [1.165, 1.54) is 12.1 Å². The Hall–Kier alpha value is -3.12. The second kappa shape index (κ2) is 10.3. The van der Waals surface area contributed by atoms with Crippen LogP contribution in [0.2, 0.25) is 0 Å². The van der Waals surface area contributed by atoms with Crippen LogP contribution >= 0.6 is 0 Å². The molecule has 0 aliphatic carbocycles. The molecule has 0 spiro atoms. The van der Waals surface area contributed by atoms with Crippen LogP contribution in [0.4, 0.5) is 4.39 Å². The maximum absolute atomic E-state index is 13.3. The molecule has 0 bridgehead atoms. The van der Waals surface area contributed by atoms with E-state index in [1.807, 2.05) is 26.8 Å². The lowest BCUT2D eigenvalue weighted by Gasteiger charge is -2.10. The summed E-state index contributed by atoms with van der Waals surface area (Å²) in [5, 5.41) is 3.74. The van der Waals surface area contributed by atoms with Crippen molar-refractivity contribution in [2.75, 3.05) is 20.3 Å².